The standard InChI is InChI=1S/C12H17F3O3/c1-2-3-4-5-6-17-11-10(12(13,14)15)7-9(16)8-18-11/h7-8,11,16H,2-6H2,1H3. The van der Waals surface area contributed by atoms with Crippen LogP contribution in [0.3, 0.4) is 0 Å². The Hall–Kier alpha value is -1.17. The molecule has 0 saturated carbocycles. The first-order chi connectivity index (χ1) is 8.45. The third kappa shape index (κ3) is 4.60. The molecule has 104 valence electrons. The number of unbranched alkanes of at least 4 members (excludes halogenated alkanes) is 3. The van der Waals surface area contributed by atoms with E-state index in [0.29, 0.717) is 12.5 Å². The Morgan fingerprint density at radius 2 is 2.06 bits per heavy atom. The monoisotopic (exact) mass is 266 g/mol. The number of rotatable bonds is 6. The van der Waals surface area contributed by atoms with Crippen molar-refractivity contribution in [2.75, 3.05) is 6.61 Å². The van der Waals surface area contributed by atoms with E-state index in [-0.39, 0.29) is 6.61 Å². The summed E-state index contributed by atoms with van der Waals surface area (Å²) in [5.74, 6) is -0.562. The first kappa shape index (κ1) is 14.9. The molecular formula is C12H17F3O3. The van der Waals surface area contributed by atoms with Crippen molar-refractivity contribution in [3.05, 3.63) is 23.7 Å². The Morgan fingerprint density at radius 3 is 2.67 bits per heavy atom. The molecule has 1 heterocycles. The quantitative estimate of drug-likeness (QED) is 0.742. The molecule has 1 aliphatic rings. The van der Waals surface area contributed by atoms with Crippen LogP contribution in [0.15, 0.2) is 23.7 Å². The molecule has 0 bridgehead atoms. The molecule has 3 nitrogen and oxygen atoms in total. The van der Waals surface area contributed by atoms with Crippen molar-refractivity contribution in [1.82, 2.24) is 0 Å². The lowest BCUT2D eigenvalue weighted by molar-refractivity contribution is -0.157. The van der Waals surface area contributed by atoms with Crippen LogP contribution in [0, 0.1) is 0 Å². The van der Waals surface area contributed by atoms with Gasteiger partial charge in [0.15, 0.2) is 5.76 Å². The Bertz CT molecular complexity index is 321. The maximum absolute atomic E-state index is 12.6. The van der Waals surface area contributed by atoms with Crippen LogP contribution < -0.4 is 0 Å². The molecule has 0 aromatic heterocycles. The van der Waals surface area contributed by atoms with Crippen molar-refractivity contribution in [1.29, 1.82) is 0 Å². The Kier molecular flexibility index (Phi) is 5.53. The zero-order valence-corrected chi connectivity index (χ0v) is 10.2. The van der Waals surface area contributed by atoms with Crippen molar-refractivity contribution < 1.29 is 27.8 Å². The van der Waals surface area contributed by atoms with Crippen molar-refractivity contribution in [3.63, 3.8) is 0 Å². The minimum atomic E-state index is -4.57. The van der Waals surface area contributed by atoms with Crippen LogP contribution in [-0.4, -0.2) is 24.2 Å². The van der Waals surface area contributed by atoms with E-state index in [2.05, 4.69) is 0 Å². The van der Waals surface area contributed by atoms with Gasteiger partial charge in [-0.3, -0.25) is 0 Å². The molecule has 0 spiro atoms. The van der Waals surface area contributed by atoms with Gasteiger partial charge in [-0.2, -0.15) is 13.2 Å². The van der Waals surface area contributed by atoms with E-state index in [0.717, 1.165) is 25.5 Å². The highest BCUT2D eigenvalue weighted by molar-refractivity contribution is 5.25. The lowest BCUT2D eigenvalue weighted by atomic mass is 10.2. The van der Waals surface area contributed by atoms with Crippen LogP contribution in [0.2, 0.25) is 0 Å². The van der Waals surface area contributed by atoms with Crippen LogP contribution in [0.5, 0.6) is 0 Å². The molecule has 0 radical (unpaired) electrons. The van der Waals surface area contributed by atoms with Crippen LogP contribution in [0.4, 0.5) is 13.2 Å². The van der Waals surface area contributed by atoms with Gasteiger partial charge in [-0.25, -0.2) is 0 Å². The highest BCUT2D eigenvalue weighted by Gasteiger charge is 2.42. The van der Waals surface area contributed by atoms with Crippen molar-refractivity contribution >= 4 is 0 Å². The lowest BCUT2D eigenvalue weighted by Gasteiger charge is -2.24. The second kappa shape index (κ2) is 6.68. The highest BCUT2D eigenvalue weighted by Crippen LogP contribution is 2.33. The fraction of sp³-hybridized carbons (Fsp3) is 0.667. The zero-order valence-electron chi connectivity index (χ0n) is 10.2. The molecule has 1 atom stereocenters. The molecule has 18 heavy (non-hydrogen) atoms. The van der Waals surface area contributed by atoms with Gasteiger partial charge in [0.25, 0.3) is 0 Å². The molecule has 6 heteroatoms. The van der Waals surface area contributed by atoms with E-state index >= 15 is 0 Å². The van der Waals surface area contributed by atoms with Crippen LogP contribution in [0.25, 0.3) is 0 Å². The topological polar surface area (TPSA) is 38.7 Å². The molecule has 0 fully saturated rings. The van der Waals surface area contributed by atoms with Gasteiger partial charge in [0, 0.05) is 0 Å². The number of halogens is 3. The second-order valence-electron chi connectivity index (χ2n) is 4.04. The summed E-state index contributed by atoms with van der Waals surface area (Å²) in [4.78, 5) is 0. The summed E-state index contributed by atoms with van der Waals surface area (Å²) in [5.41, 5.74) is -1.02. The predicted octanol–water partition coefficient (Wildman–Crippen LogP) is 3.83. The third-order valence-electron chi connectivity index (χ3n) is 2.46. The van der Waals surface area contributed by atoms with Gasteiger partial charge in [0.05, 0.1) is 6.61 Å². The summed E-state index contributed by atoms with van der Waals surface area (Å²) in [6.07, 6.45) is -0.906. The number of hydrogen-bond donors (Lipinski definition) is 1. The number of allylic oxidation sites excluding steroid dienone is 1. The molecule has 0 amide bonds. The van der Waals surface area contributed by atoms with Gasteiger partial charge in [0.2, 0.25) is 6.29 Å². The maximum atomic E-state index is 12.6. The van der Waals surface area contributed by atoms with E-state index in [1.807, 2.05) is 6.92 Å². The Morgan fingerprint density at radius 1 is 1.33 bits per heavy atom. The van der Waals surface area contributed by atoms with Crippen molar-refractivity contribution in [2.45, 2.75) is 45.1 Å². The minimum absolute atomic E-state index is 0.201. The van der Waals surface area contributed by atoms with Crippen LogP contribution in [-0.2, 0) is 9.47 Å². The molecule has 1 N–H and O–H groups in total. The van der Waals surface area contributed by atoms with E-state index < -0.39 is 23.8 Å². The van der Waals surface area contributed by atoms with Gasteiger partial charge in [-0.15, -0.1) is 0 Å². The van der Waals surface area contributed by atoms with Gasteiger partial charge in [-0.1, -0.05) is 26.2 Å². The molecule has 1 aliphatic heterocycles. The number of aliphatic hydroxyl groups excluding tert-OH is 1. The summed E-state index contributed by atoms with van der Waals surface area (Å²) in [7, 11) is 0. The number of alkyl halides is 3. The summed E-state index contributed by atoms with van der Waals surface area (Å²) >= 11 is 0. The first-order valence-electron chi connectivity index (χ1n) is 5.90. The van der Waals surface area contributed by atoms with Gasteiger partial charge >= 0.3 is 6.18 Å². The normalized spacial score (nSPS) is 20.1. The average molecular weight is 266 g/mol. The maximum Gasteiger partial charge on any atom is 0.418 e. The van der Waals surface area contributed by atoms with Gasteiger partial charge in [-0.05, 0) is 12.5 Å². The Labute approximate surface area is 104 Å². The van der Waals surface area contributed by atoms with E-state index in [1.54, 1.807) is 0 Å². The smallest absolute Gasteiger partial charge is 0.418 e. The lowest BCUT2D eigenvalue weighted by Crippen LogP contribution is -2.30. The minimum Gasteiger partial charge on any atom is -0.505 e. The third-order valence-corrected chi connectivity index (χ3v) is 2.46. The molecule has 0 saturated heterocycles. The van der Waals surface area contributed by atoms with Crippen molar-refractivity contribution in [3.8, 4) is 0 Å². The van der Waals surface area contributed by atoms with Gasteiger partial charge < -0.3 is 14.6 Å². The second-order valence-corrected chi connectivity index (χ2v) is 4.04. The number of aliphatic hydroxyl groups is 1. The van der Waals surface area contributed by atoms with E-state index in [9.17, 15) is 13.2 Å². The SMILES string of the molecule is CCCCCCOC1OC=C(O)C=C1C(F)(F)F. The molecule has 1 unspecified atom stereocenters. The molecule has 0 aromatic carbocycles. The summed E-state index contributed by atoms with van der Waals surface area (Å²) in [6, 6.07) is 0. The average Bonchev–Trinajstić information content (AvgIpc) is 2.29. The summed E-state index contributed by atoms with van der Waals surface area (Å²) in [6.45, 7) is 2.25. The summed E-state index contributed by atoms with van der Waals surface area (Å²) < 4.78 is 47.6. The fourth-order valence-electron chi connectivity index (χ4n) is 1.53. The zero-order chi connectivity index (χ0) is 13.6. The first-order valence-corrected chi connectivity index (χ1v) is 5.90. The van der Waals surface area contributed by atoms with E-state index in [4.69, 9.17) is 14.6 Å². The predicted molar refractivity (Wildman–Crippen MR) is 59.8 cm³/mol. The molecular weight excluding hydrogens is 249 g/mol. The van der Waals surface area contributed by atoms with E-state index in [1.165, 1.54) is 0 Å². The number of hydrogen-bond acceptors (Lipinski definition) is 3. The largest absolute Gasteiger partial charge is 0.505 e. The molecule has 0 aliphatic carbocycles. The fourth-order valence-corrected chi connectivity index (χ4v) is 1.53. The highest BCUT2D eigenvalue weighted by atomic mass is 19.4. The van der Waals surface area contributed by atoms with Crippen molar-refractivity contribution in [2.24, 2.45) is 0 Å². The molecule has 1 rings (SSSR count). The summed E-state index contributed by atoms with van der Waals surface area (Å²) in [5, 5.41) is 9.01. The van der Waals surface area contributed by atoms with Crippen LogP contribution in [0.1, 0.15) is 32.6 Å². The molecule has 0 aromatic rings. The van der Waals surface area contributed by atoms with Crippen LogP contribution >= 0.6 is 0 Å². The number of ether oxygens (including phenoxy) is 2. The Balaban J connectivity index is 2.48. The van der Waals surface area contributed by atoms with Gasteiger partial charge in [0.1, 0.15) is 11.8 Å².